The molecule has 0 unspecified atom stereocenters. The number of para-hydroxylation sites is 2. The van der Waals surface area contributed by atoms with Crippen molar-refractivity contribution in [2.75, 3.05) is 16.4 Å². The van der Waals surface area contributed by atoms with Gasteiger partial charge >= 0.3 is 0 Å². The lowest BCUT2D eigenvalue weighted by Crippen LogP contribution is -2.14. The van der Waals surface area contributed by atoms with E-state index in [1.807, 2.05) is 54.6 Å². The molecule has 2 N–H and O–H groups in total. The van der Waals surface area contributed by atoms with Gasteiger partial charge in [0.15, 0.2) is 5.16 Å². The van der Waals surface area contributed by atoms with E-state index in [1.165, 1.54) is 36.0 Å². The van der Waals surface area contributed by atoms with Gasteiger partial charge in [0.25, 0.3) is 0 Å². The van der Waals surface area contributed by atoms with Crippen molar-refractivity contribution in [2.45, 2.75) is 5.16 Å². The molecule has 0 fully saturated rings. The Bertz CT molecular complexity index is 1140. The van der Waals surface area contributed by atoms with Crippen molar-refractivity contribution in [3.05, 3.63) is 84.7 Å². The van der Waals surface area contributed by atoms with Gasteiger partial charge in [0.1, 0.15) is 11.6 Å². The minimum atomic E-state index is -0.347. The van der Waals surface area contributed by atoms with E-state index in [4.69, 9.17) is 0 Å². The Hall–Kier alpha value is -3.45. The number of halogens is 1. The maximum absolute atomic E-state index is 13.0. The summed E-state index contributed by atoms with van der Waals surface area (Å²) in [4.78, 5) is 21.4. The zero-order valence-corrected chi connectivity index (χ0v) is 16.1. The topological polar surface area (TPSA) is 66.9 Å². The first kappa shape index (κ1) is 18.9. The Balaban J connectivity index is 1.51. The summed E-state index contributed by atoms with van der Waals surface area (Å²) in [5.74, 6) is 0.264. The molecule has 3 aromatic carbocycles. The maximum atomic E-state index is 13.0. The molecular formula is C22H17FN4OS. The Morgan fingerprint density at radius 2 is 1.59 bits per heavy atom. The van der Waals surface area contributed by atoms with Crippen LogP contribution in [-0.4, -0.2) is 21.6 Å². The average Bonchev–Trinajstić information content (AvgIpc) is 2.75. The van der Waals surface area contributed by atoms with Crippen LogP contribution in [0.3, 0.4) is 0 Å². The van der Waals surface area contributed by atoms with E-state index in [1.54, 1.807) is 0 Å². The normalized spacial score (nSPS) is 10.7. The zero-order valence-electron chi connectivity index (χ0n) is 15.3. The highest BCUT2D eigenvalue weighted by Crippen LogP contribution is 2.27. The molecule has 0 saturated heterocycles. The molecule has 0 spiro atoms. The summed E-state index contributed by atoms with van der Waals surface area (Å²) in [6.45, 7) is 0. The number of nitrogens with one attached hydrogen (secondary N) is 2. The first-order valence-electron chi connectivity index (χ1n) is 8.94. The van der Waals surface area contributed by atoms with Gasteiger partial charge in [0.05, 0.1) is 11.3 Å². The number of rotatable bonds is 6. The first-order chi connectivity index (χ1) is 14.2. The quantitative estimate of drug-likeness (QED) is 0.340. The molecule has 1 aromatic heterocycles. The number of thioether (sulfide) groups is 1. The molecule has 5 nitrogen and oxygen atoms in total. The van der Waals surface area contributed by atoms with E-state index in [9.17, 15) is 9.18 Å². The Morgan fingerprint density at radius 1 is 0.862 bits per heavy atom. The van der Waals surface area contributed by atoms with E-state index in [-0.39, 0.29) is 17.5 Å². The lowest BCUT2D eigenvalue weighted by molar-refractivity contribution is -0.113. The molecule has 0 radical (unpaired) electrons. The van der Waals surface area contributed by atoms with Crippen LogP contribution in [0.25, 0.3) is 10.9 Å². The summed E-state index contributed by atoms with van der Waals surface area (Å²) in [6.07, 6.45) is 0. The zero-order chi connectivity index (χ0) is 20.1. The molecule has 4 rings (SSSR count). The van der Waals surface area contributed by atoms with Gasteiger partial charge < -0.3 is 10.6 Å². The van der Waals surface area contributed by atoms with Crippen LogP contribution in [0.1, 0.15) is 0 Å². The fourth-order valence-electron chi connectivity index (χ4n) is 2.73. The monoisotopic (exact) mass is 404 g/mol. The third-order valence-corrected chi connectivity index (χ3v) is 4.93. The van der Waals surface area contributed by atoms with E-state index in [0.717, 1.165) is 16.6 Å². The number of nitrogens with zero attached hydrogens (tertiary/aromatic N) is 2. The molecule has 1 amide bonds. The molecule has 0 aliphatic carbocycles. The number of carbonyl (C=O) groups excluding carboxylic acids is 1. The third kappa shape index (κ3) is 4.89. The second-order valence-electron chi connectivity index (χ2n) is 6.21. The second-order valence-corrected chi connectivity index (χ2v) is 7.15. The molecule has 7 heteroatoms. The van der Waals surface area contributed by atoms with E-state index < -0.39 is 0 Å². The molecule has 0 saturated carbocycles. The number of carbonyl (C=O) groups is 1. The van der Waals surface area contributed by atoms with Gasteiger partial charge in [-0.3, -0.25) is 4.79 Å². The number of hydrogen-bond acceptors (Lipinski definition) is 5. The number of aromatic nitrogens is 2. The summed E-state index contributed by atoms with van der Waals surface area (Å²) in [5, 5.41) is 7.45. The number of fused-ring (bicyclic) bond motifs is 1. The molecule has 0 atom stereocenters. The van der Waals surface area contributed by atoms with Crippen LogP contribution >= 0.6 is 11.8 Å². The lowest BCUT2D eigenvalue weighted by Gasteiger charge is -2.11. The van der Waals surface area contributed by atoms with Crippen LogP contribution in [0.5, 0.6) is 0 Å². The third-order valence-electron chi connectivity index (χ3n) is 4.08. The fourth-order valence-corrected chi connectivity index (χ4v) is 3.38. The van der Waals surface area contributed by atoms with Crippen molar-refractivity contribution < 1.29 is 9.18 Å². The van der Waals surface area contributed by atoms with E-state index >= 15 is 0 Å². The van der Waals surface area contributed by atoms with Gasteiger partial charge in [-0.25, -0.2) is 14.4 Å². The second kappa shape index (κ2) is 8.70. The van der Waals surface area contributed by atoms with Gasteiger partial charge in [0.2, 0.25) is 5.91 Å². The minimum Gasteiger partial charge on any atom is -0.340 e. The SMILES string of the molecule is O=C(CSc1nc(Nc2ccccc2)c2ccccc2n1)Nc1ccc(F)cc1. The summed E-state index contributed by atoms with van der Waals surface area (Å²) in [6, 6.07) is 23.1. The van der Waals surface area contributed by atoms with E-state index in [0.29, 0.717) is 16.7 Å². The van der Waals surface area contributed by atoms with Crippen LogP contribution in [-0.2, 0) is 4.79 Å². The van der Waals surface area contributed by atoms with Crippen molar-refractivity contribution in [2.24, 2.45) is 0 Å². The molecule has 0 bridgehead atoms. The van der Waals surface area contributed by atoms with Gasteiger partial charge in [-0.2, -0.15) is 0 Å². The molecular weight excluding hydrogens is 387 g/mol. The fraction of sp³-hybridized carbons (Fsp3) is 0.0455. The first-order valence-corrected chi connectivity index (χ1v) is 9.93. The molecule has 0 aliphatic heterocycles. The minimum absolute atomic E-state index is 0.139. The number of hydrogen-bond donors (Lipinski definition) is 2. The molecule has 29 heavy (non-hydrogen) atoms. The van der Waals surface area contributed by atoms with Crippen molar-refractivity contribution in [1.82, 2.24) is 9.97 Å². The highest BCUT2D eigenvalue weighted by Gasteiger charge is 2.11. The number of benzene rings is 3. The highest BCUT2D eigenvalue weighted by atomic mass is 32.2. The Morgan fingerprint density at radius 3 is 2.38 bits per heavy atom. The standard InChI is InChI=1S/C22H17FN4OS/c23-15-10-12-17(13-11-15)24-20(28)14-29-22-26-19-9-5-4-8-18(19)21(27-22)25-16-6-2-1-3-7-16/h1-13H,14H2,(H,24,28)(H,25,26,27). The van der Waals surface area contributed by atoms with Crippen LogP contribution in [0.15, 0.2) is 84.0 Å². The molecule has 4 aromatic rings. The smallest absolute Gasteiger partial charge is 0.234 e. The molecule has 1 heterocycles. The molecule has 144 valence electrons. The summed E-state index contributed by atoms with van der Waals surface area (Å²) < 4.78 is 13.0. The van der Waals surface area contributed by atoms with Crippen molar-refractivity contribution in [1.29, 1.82) is 0 Å². The Kier molecular flexibility index (Phi) is 5.67. The van der Waals surface area contributed by atoms with Crippen LogP contribution < -0.4 is 10.6 Å². The van der Waals surface area contributed by atoms with Crippen LogP contribution in [0.2, 0.25) is 0 Å². The van der Waals surface area contributed by atoms with Crippen molar-refractivity contribution in [3.63, 3.8) is 0 Å². The summed E-state index contributed by atoms with van der Waals surface area (Å²) in [7, 11) is 0. The van der Waals surface area contributed by atoms with Gasteiger partial charge in [-0.15, -0.1) is 0 Å². The maximum Gasteiger partial charge on any atom is 0.234 e. The summed E-state index contributed by atoms with van der Waals surface area (Å²) in [5.41, 5.74) is 2.26. The Labute approximate surface area is 171 Å². The van der Waals surface area contributed by atoms with E-state index in [2.05, 4.69) is 20.6 Å². The van der Waals surface area contributed by atoms with Crippen molar-refractivity contribution >= 4 is 45.8 Å². The van der Waals surface area contributed by atoms with Gasteiger partial charge in [0, 0.05) is 16.8 Å². The van der Waals surface area contributed by atoms with Crippen molar-refractivity contribution in [3.8, 4) is 0 Å². The van der Waals surface area contributed by atoms with Gasteiger partial charge in [-0.05, 0) is 48.5 Å². The van der Waals surface area contributed by atoms with Crippen LogP contribution in [0.4, 0.5) is 21.6 Å². The largest absolute Gasteiger partial charge is 0.340 e. The average molecular weight is 404 g/mol. The number of anilines is 3. The summed E-state index contributed by atoms with van der Waals surface area (Å²) >= 11 is 1.24. The predicted molar refractivity (Wildman–Crippen MR) is 115 cm³/mol. The molecule has 0 aliphatic rings. The van der Waals surface area contributed by atoms with Gasteiger partial charge in [-0.1, -0.05) is 42.1 Å². The lowest BCUT2D eigenvalue weighted by atomic mass is 10.2. The number of amides is 1. The predicted octanol–water partition coefficient (Wildman–Crippen LogP) is 5.24. The highest BCUT2D eigenvalue weighted by molar-refractivity contribution is 7.99. The van der Waals surface area contributed by atoms with Crippen LogP contribution in [0, 0.1) is 5.82 Å².